The molecule has 0 bridgehead atoms. The number of hydrogen-bond acceptors (Lipinski definition) is 5. The van der Waals surface area contributed by atoms with Crippen LogP contribution in [0.5, 0.6) is 5.75 Å². The second-order valence-electron chi connectivity index (χ2n) is 7.29. The van der Waals surface area contributed by atoms with E-state index in [0.29, 0.717) is 35.4 Å². The van der Waals surface area contributed by atoms with E-state index in [2.05, 4.69) is 24.0 Å². The van der Waals surface area contributed by atoms with E-state index in [1.165, 1.54) is 6.07 Å². The molecule has 27 heavy (non-hydrogen) atoms. The van der Waals surface area contributed by atoms with Crippen molar-refractivity contribution in [2.24, 2.45) is 0 Å². The van der Waals surface area contributed by atoms with Crippen molar-refractivity contribution in [1.82, 2.24) is 14.7 Å². The Labute approximate surface area is 162 Å². The van der Waals surface area contributed by atoms with E-state index in [1.54, 1.807) is 17.6 Å². The number of hydrogen-bond donors (Lipinski definition) is 1. The average Bonchev–Trinajstić information content (AvgIpc) is 3.06. The van der Waals surface area contributed by atoms with Crippen LogP contribution in [0.15, 0.2) is 45.7 Å². The summed E-state index contributed by atoms with van der Waals surface area (Å²) in [5.41, 5.74) is 1.26. The van der Waals surface area contributed by atoms with Gasteiger partial charge in [-0.15, -0.1) is 0 Å². The molecule has 0 unspecified atom stereocenters. The number of benzene rings is 1. The number of rotatable bonds is 6. The minimum Gasteiger partial charge on any atom is -0.508 e. The molecule has 2 heterocycles. The Balaban J connectivity index is 1.70. The summed E-state index contributed by atoms with van der Waals surface area (Å²) in [6.45, 7) is 6.30. The van der Waals surface area contributed by atoms with Crippen molar-refractivity contribution in [3.8, 4) is 5.75 Å². The molecule has 6 nitrogen and oxygen atoms in total. The van der Waals surface area contributed by atoms with Crippen molar-refractivity contribution in [1.29, 1.82) is 0 Å². The molecule has 1 aromatic carbocycles. The zero-order valence-electron chi connectivity index (χ0n) is 15.6. The van der Waals surface area contributed by atoms with Gasteiger partial charge in [0.15, 0.2) is 5.82 Å². The van der Waals surface area contributed by atoms with Gasteiger partial charge in [-0.25, -0.2) is 0 Å². The molecule has 0 saturated carbocycles. The normalized spacial score (nSPS) is 11.7. The van der Waals surface area contributed by atoms with Gasteiger partial charge < -0.3 is 14.2 Å². The molecule has 3 aromatic rings. The van der Waals surface area contributed by atoms with Gasteiger partial charge in [-0.3, -0.25) is 4.79 Å². The lowest BCUT2D eigenvalue weighted by Gasteiger charge is -2.20. The Hall–Kier alpha value is -2.60. The van der Waals surface area contributed by atoms with Crippen molar-refractivity contribution < 1.29 is 9.63 Å². The zero-order valence-corrected chi connectivity index (χ0v) is 16.3. The second kappa shape index (κ2) is 7.56. The van der Waals surface area contributed by atoms with Gasteiger partial charge in [-0.1, -0.05) is 42.7 Å². The fourth-order valence-electron chi connectivity index (χ4n) is 3.03. The maximum Gasteiger partial charge on any atom is 0.254 e. The van der Waals surface area contributed by atoms with Crippen LogP contribution in [0.25, 0.3) is 0 Å². The SMILES string of the molecule is Cc1cc(O)cc(=O)n1CCc1nc(C(C)(C)Cc2ccc(Cl)cc2)no1. The van der Waals surface area contributed by atoms with E-state index >= 15 is 0 Å². The van der Waals surface area contributed by atoms with Crippen LogP contribution in [0.1, 0.15) is 36.8 Å². The molecule has 1 N–H and O–H groups in total. The molecule has 142 valence electrons. The Morgan fingerprint density at radius 2 is 1.93 bits per heavy atom. The van der Waals surface area contributed by atoms with E-state index < -0.39 is 0 Å². The van der Waals surface area contributed by atoms with Crippen molar-refractivity contribution in [3.05, 3.63) is 74.7 Å². The van der Waals surface area contributed by atoms with Crippen LogP contribution in [-0.2, 0) is 24.8 Å². The zero-order chi connectivity index (χ0) is 19.6. The summed E-state index contributed by atoms with van der Waals surface area (Å²) in [7, 11) is 0. The quantitative estimate of drug-likeness (QED) is 0.698. The smallest absolute Gasteiger partial charge is 0.254 e. The number of nitrogens with zero attached hydrogens (tertiary/aromatic N) is 3. The molecule has 0 aliphatic carbocycles. The maximum atomic E-state index is 12.0. The van der Waals surface area contributed by atoms with Crippen LogP contribution in [0.2, 0.25) is 5.02 Å². The molecular formula is C20H22ClN3O3. The number of halogens is 1. The molecular weight excluding hydrogens is 366 g/mol. The van der Waals surface area contributed by atoms with Crippen LogP contribution in [0, 0.1) is 6.92 Å². The van der Waals surface area contributed by atoms with E-state index in [1.807, 2.05) is 24.3 Å². The fourth-order valence-corrected chi connectivity index (χ4v) is 3.15. The standard InChI is InChI=1S/C20H22ClN3O3/c1-13-10-16(25)11-18(26)24(13)9-8-17-22-19(23-27-17)20(2,3)12-14-4-6-15(21)7-5-14/h4-7,10-11,25H,8-9,12H2,1-3H3. The lowest BCUT2D eigenvalue weighted by molar-refractivity contribution is 0.352. The number of aromatic hydroxyl groups is 1. The van der Waals surface area contributed by atoms with Gasteiger partial charge in [0.2, 0.25) is 5.89 Å². The Kier molecular flexibility index (Phi) is 5.37. The molecule has 2 aromatic heterocycles. The highest BCUT2D eigenvalue weighted by Gasteiger charge is 2.27. The first-order valence-corrected chi connectivity index (χ1v) is 9.10. The largest absolute Gasteiger partial charge is 0.508 e. The molecule has 3 rings (SSSR count). The van der Waals surface area contributed by atoms with Gasteiger partial charge in [0.25, 0.3) is 5.56 Å². The van der Waals surface area contributed by atoms with Crippen molar-refractivity contribution in [2.75, 3.05) is 0 Å². The Morgan fingerprint density at radius 1 is 1.22 bits per heavy atom. The fraction of sp³-hybridized carbons (Fsp3) is 0.350. The van der Waals surface area contributed by atoms with Crippen LogP contribution in [0.4, 0.5) is 0 Å². The molecule has 0 saturated heterocycles. The Bertz CT molecular complexity index is 990. The lowest BCUT2D eigenvalue weighted by Crippen LogP contribution is -2.23. The number of aromatic nitrogens is 3. The number of aryl methyl sites for hydroxylation is 2. The van der Waals surface area contributed by atoms with E-state index in [0.717, 1.165) is 12.0 Å². The van der Waals surface area contributed by atoms with Crippen LogP contribution >= 0.6 is 11.6 Å². The number of pyridine rings is 1. The third-order valence-electron chi connectivity index (χ3n) is 4.50. The lowest BCUT2D eigenvalue weighted by atomic mass is 9.85. The van der Waals surface area contributed by atoms with E-state index in [-0.39, 0.29) is 16.7 Å². The molecule has 0 aliphatic rings. The van der Waals surface area contributed by atoms with E-state index in [4.69, 9.17) is 16.1 Å². The van der Waals surface area contributed by atoms with Crippen LogP contribution < -0.4 is 5.56 Å². The van der Waals surface area contributed by atoms with Gasteiger partial charge in [0.05, 0.1) is 0 Å². The molecule has 0 atom stereocenters. The highest BCUT2D eigenvalue weighted by molar-refractivity contribution is 6.30. The minimum absolute atomic E-state index is 0.0298. The highest BCUT2D eigenvalue weighted by atomic mass is 35.5. The first-order chi connectivity index (χ1) is 12.7. The van der Waals surface area contributed by atoms with Gasteiger partial charge in [0.1, 0.15) is 5.75 Å². The first-order valence-electron chi connectivity index (χ1n) is 8.72. The predicted molar refractivity (Wildman–Crippen MR) is 103 cm³/mol. The molecule has 0 fully saturated rings. The average molecular weight is 388 g/mol. The third-order valence-corrected chi connectivity index (χ3v) is 4.75. The molecule has 7 heteroatoms. The van der Waals surface area contributed by atoms with Crippen molar-refractivity contribution in [3.63, 3.8) is 0 Å². The van der Waals surface area contributed by atoms with Gasteiger partial charge >= 0.3 is 0 Å². The summed E-state index contributed by atoms with van der Waals surface area (Å²) in [4.78, 5) is 16.5. The second-order valence-corrected chi connectivity index (χ2v) is 7.73. The molecule has 0 spiro atoms. The molecule has 0 amide bonds. The highest BCUT2D eigenvalue weighted by Crippen LogP contribution is 2.26. The van der Waals surface area contributed by atoms with Crippen molar-refractivity contribution >= 4 is 11.6 Å². The molecule has 0 aliphatic heterocycles. The Morgan fingerprint density at radius 3 is 2.59 bits per heavy atom. The molecule has 0 radical (unpaired) electrons. The minimum atomic E-state index is -0.305. The predicted octanol–water partition coefficient (Wildman–Crippen LogP) is 3.66. The summed E-state index contributed by atoms with van der Waals surface area (Å²) in [5.74, 6) is 1.08. The van der Waals surface area contributed by atoms with Gasteiger partial charge in [0, 0.05) is 35.2 Å². The monoisotopic (exact) mass is 387 g/mol. The first kappa shape index (κ1) is 19.2. The summed E-state index contributed by atoms with van der Waals surface area (Å²) >= 11 is 5.94. The summed E-state index contributed by atoms with van der Waals surface area (Å²) in [5, 5.41) is 14.3. The van der Waals surface area contributed by atoms with Crippen LogP contribution in [0.3, 0.4) is 0 Å². The summed E-state index contributed by atoms with van der Waals surface area (Å²) < 4.78 is 6.96. The van der Waals surface area contributed by atoms with Gasteiger partial charge in [-0.2, -0.15) is 4.98 Å². The van der Waals surface area contributed by atoms with E-state index in [9.17, 15) is 9.90 Å². The van der Waals surface area contributed by atoms with Gasteiger partial charge in [-0.05, 0) is 37.1 Å². The maximum absolute atomic E-state index is 12.0. The van der Waals surface area contributed by atoms with Crippen LogP contribution in [-0.4, -0.2) is 19.8 Å². The summed E-state index contributed by atoms with van der Waals surface area (Å²) in [6.07, 6.45) is 1.19. The summed E-state index contributed by atoms with van der Waals surface area (Å²) in [6, 6.07) is 10.5. The topological polar surface area (TPSA) is 81.1 Å². The van der Waals surface area contributed by atoms with Crippen molar-refractivity contribution in [2.45, 2.75) is 45.6 Å². The third kappa shape index (κ3) is 4.57.